The molecule has 0 fully saturated rings. The normalized spacial score (nSPS) is 16.2. The molecule has 0 rings (SSSR count). The Bertz CT molecular complexity index is 611. The summed E-state index contributed by atoms with van der Waals surface area (Å²) < 4.78 is 0. The molecule has 11 heteroatoms. The highest BCUT2D eigenvalue weighted by Crippen LogP contribution is 2.08. The van der Waals surface area contributed by atoms with E-state index in [1.165, 1.54) is 6.92 Å². The van der Waals surface area contributed by atoms with Gasteiger partial charge in [-0.25, -0.2) is 4.79 Å². The van der Waals surface area contributed by atoms with E-state index in [4.69, 9.17) is 16.6 Å². The first-order valence-corrected chi connectivity index (χ1v) is 10.6. The Labute approximate surface area is 183 Å². The van der Waals surface area contributed by atoms with Crippen LogP contribution in [-0.2, 0) is 19.2 Å². The van der Waals surface area contributed by atoms with Crippen LogP contribution >= 0.6 is 0 Å². The Kier molecular flexibility index (Phi) is 12.9. The van der Waals surface area contributed by atoms with Gasteiger partial charge in [0, 0.05) is 0 Å². The monoisotopic (exact) mass is 445 g/mol. The minimum atomic E-state index is -1.52. The number of aliphatic hydroxyl groups excluding tert-OH is 1. The van der Waals surface area contributed by atoms with Crippen molar-refractivity contribution < 1.29 is 29.4 Å². The lowest BCUT2D eigenvalue weighted by atomic mass is 9.98. The third-order valence-corrected chi connectivity index (χ3v) is 4.85. The molecule has 0 aliphatic rings. The van der Waals surface area contributed by atoms with E-state index in [-0.39, 0.29) is 11.8 Å². The number of carbonyl (C=O) groups excluding carboxylic acids is 3. The van der Waals surface area contributed by atoms with Crippen molar-refractivity contribution in [1.82, 2.24) is 16.0 Å². The van der Waals surface area contributed by atoms with Crippen molar-refractivity contribution in [2.45, 2.75) is 84.2 Å². The molecule has 180 valence electrons. The Morgan fingerprint density at radius 3 is 1.55 bits per heavy atom. The molecular weight excluding hydrogens is 406 g/mol. The number of carboxylic acids is 1. The first kappa shape index (κ1) is 28.8. The molecule has 0 radical (unpaired) electrons. The molecule has 0 aromatic rings. The number of nitrogens with one attached hydrogen (secondary N) is 3. The van der Waals surface area contributed by atoms with Crippen LogP contribution in [0.3, 0.4) is 0 Å². The number of carbonyl (C=O) groups is 4. The van der Waals surface area contributed by atoms with Crippen LogP contribution in [0.1, 0.15) is 53.9 Å². The van der Waals surface area contributed by atoms with Gasteiger partial charge >= 0.3 is 5.97 Å². The summed E-state index contributed by atoms with van der Waals surface area (Å²) in [5.74, 6) is -3.88. The zero-order chi connectivity index (χ0) is 24.3. The summed E-state index contributed by atoms with van der Waals surface area (Å²) in [4.78, 5) is 49.1. The number of unbranched alkanes of at least 4 members (excludes halogenated alkanes) is 1. The number of rotatable bonds is 14. The summed E-state index contributed by atoms with van der Waals surface area (Å²) in [5, 5.41) is 26.2. The zero-order valence-corrected chi connectivity index (χ0v) is 19.1. The van der Waals surface area contributed by atoms with Crippen molar-refractivity contribution in [3.8, 4) is 0 Å². The Balaban J connectivity index is 5.25. The summed E-state index contributed by atoms with van der Waals surface area (Å²) in [6, 6.07) is -4.30. The number of aliphatic carboxylic acids is 1. The van der Waals surface area contributed by atoms with E-state index in [0.29, 0.717) is 19.4 Å². The first-order chi connectivity index (χ1) is 14.3. The van der Waals surface area contributed by atoms with E-state index in [1.807, 2.05) is 0 Å². The number of aliphatic hydroxyl groups is 1. The molecule has 3 amide bonds. The Morgan fingerprint density at radius 1 is 0.774 bits per heavy atom. The molecule has 11 nitrogen and oxygen atoms in total. The van der Waals surface area contributed by atoms with Gasteiger partial charge in [-0.1, -0.05) is 34.1 Å². The number of hydrogen-bond donors (Lipinski definition) is 7. The Hall–Kier alpha value is -2.24. The summed E-state index contributed by atoms with van der Waals surface area (Å²) >= 11 is 0. The number of hydrogen-bond acceptors (Lipinski definition) is 7. The van der Waals surface area contributed by atoms with Crippen LogP contribution in [0.4, 0.5) is 0 Å². The average Bonchev–Trinajstić information content (AvgIpc) is 2.66. The lowest BCUT2D eigenvalue weighted by Crippen LogP contribution is -2.60. The van der Waals surface area contributed by atoms with Gasteiger partial charge < -0.3 is 37.6 Å². The van der Waals surface area contributed by atoms with Gasteiger partial charge in [-0.15, -0.1) is 0 Å². The summed E-state index contributed by atoms with van der Waals surface area (Å²) in [6.07, 6.45) is 0.535. The highest BCUT2D eigenvalue weighted by Gasteiger charge is 2.34. The predicted molar refractivity (Wildman–Crippen MR) is 116 cm³/mol. The molecule has 31 heavy (non-hydrogen) atoms. The quantitative estimate of drug-likeness (QED) is 0.160. The lowest BCUT2D eigenvalue weighted by molar-refractivity contribution is -0.145. The van der Waals surface area contributed by atoms with E-state index in [9.17, 15) is 24.3 Å². The maximum Gasteiger partial charge on any atom is 0.328 e. The SMILES string of the molecule is CC(C)[C@H](NC(=O)[C@H](N)CCCCN)C(=O)N[C@@H](C(=O)N[C@H](C(=O)O)[C@H](C)O)C(C)C. The van der Waals surface area contributed by atoms with E-state index in [1.54, 1.807) is 27.7 Å². The van der Waals surface area contributed by atoms with Crippen molar-refractivity contribution in [1.29, 1.82) is 0 Å². The molecular formula is C20H39N5O6. The number of nitrogens with two attached hydrogens (primary N) is 2. The molecule has 9 N–H and O–H groups in total. The van der Waals surface area contributed by atoms with Crippen molar-refractivity contribution in [3.05, 3.63) is 0 Å². The van der Waals surface area contributed by atoms with E-state index in [0.717, 1.165) is 6.42 Å². The fourth-order valence-corrected chi connectivity index (χ4v) is 2.84. The van der Waals surface area contributed by atoms with Gasteiger partial charge in [-0.2, -0.15) is 0 Å². The zero-order valence-electron chi connectivity index (χ0n) is 19.1. The maximum absolute atomic E-state index is 12.8. The highest BCUT2D eigenvalue weighted by molar-refractivity contribution is 5.94. The Morgan fingerprint density at radius 2 is 1.19 bits per heavy atom. The van der Waals surface area contributed by atoms with Crippen molar-refractivity contribution in [2.75, 3.05) is 6.54 Å². The third-order valence-electron chi connectivity index (χ3n) is 4.85. The van der Waals surface area contributed by atoms with Crippen molar-refractivity contribution >= 4 is 23.7 Å². The topological polar surface area (TPSA) is 197 Å². The van der Waals surface area contributed by atoms with Gasteiger partial charge in [-0.3, -0.25) is 14.4 Å². The van der Waals surface area contributed by atoms with E-state index < -0.39 is 54.0 Å². The lowest BCUT2D eigenvalue weighted by Gasteiger charge is -2.29. The molecule has 0 aromatic heterocycles. The van der Waals surface area contributed by atoms with Crippen molar-refractivity contribution in [2.24, 2.45) is 23.3 Å². The molecule has 0 heterocycles. The molecule has 0 saturated heterocycles. The molecule has 0 bridgehead atoms. The van der Waals surface area contributed by atoms with Gasteiger partial charge in [0.1, 0.15) is 12.1 Å². The fraction of sp³-hybridized carbons (Fsp3) is 0.800. The molecule has 0 aliphatic carbocycles. The second kappa shape index (κ2) is 13.9. The van der Waals surface area contributed by atoms with E-state index in [2.05, 4.69) is 16.0 Å². The van der Waals surface area contributed by atoms with Crippen LogP contribution in [0.15, 0.2) is 0 Å². The maximum atomic E-state index is 12.8. The van der Waals surface area contributed by atoms with Crippen LogP contribution in [0, 0.1) is 11.8 Å². The van der Waals surface area contributed by atoms with Gasteiger partial charge in [0.25, 0.3) is 0 Å². The highest BCUT2D eigenvalue weighted by atomic mass is 16.4. The summed E-state index contributed by atoms with van der Waals surface area (Å²) in [7, 11) is 0. The van der Waals surface area contributed by atoms with Gasteiger partial charge in [0.05, 0.1) is 12.1 Å². The number of amides is 3. The largest absolute Gasteiger partial charge is 0.480 e. The van der Waals surface area contributed by atoms with Crippen LogP contribution in [0.2, 0.25) is 0 Å². The van der Waals surface area contributed by atoms with Crippen LogP contribution < -0.4 is 27.4 Å². The fourth-order valence-electron chi connectivity index (χ4n) is 2.84. The molecule has 0 saturated carbocycles. The number of carboxylic acid groups (broad SMARTS) is 1. The molecule has 0 aliphatic heterocycles. The van der Waals surface area contributed by atoms with E-state index >= 15 is 0 Å². The first-order valence-electron chi connectivity index (χ1n) is 10.6. The standard InChI is InChI=1S/C20H39N5O6/c1-10(2)14(23-17(27)13(22)8-6-7-9-21)18(28)24-15(11(3)4)19(29)25-16(12(5)26)20(30)31/h10-16,26H,6-9,21-22H2,1-5H3,(H,23,27)(H,24,28)(H,25,29)(H,30,31)/t12-,13+,14-,15+,16-/m0/s1. The second-order valence-electron chi connectivity index (χ2n) is 8.42. The second-order valence-corrected chi connectivity index (χ2v) is 8.42. The molecule has 0 unspecified atom stereocenters. The minimum Gasteiger partial charge on any atom is -0.480 e. The van der Waals surface area contributed by atoms with Crippen molar-refractivity contribution in [3.63, 3.8) is 0 Å². The van der Waals surface area contributed by atoms with Crippen LogP contribution in [0.5, 0.6) is 0 Å². The van der Waals surface area contributed by atoms with Gasteiger partial charge in [0.2, 0.25) is 17.7 Å². The van der Waals surface area contributed by atoms with Crippen LogP contribution in [0.25, 0.3) is 0 Å². The third kappa shape index (κ3) is 10.1. The van der Waals surface area contributed by atoms with Crippen LogP contribution in [-0.4, -0.2) is 70.7 Å². The van der Waals surface area contributed by atoms with Gasteiger partial charge in [-0.05, 0) is 38.1 Å². The summed E-state index contributed by atoms with van der Waals surface area (Å²) in [5.41, 5.74) is 11.3. The summed E-state index contributed by atoms with van der Waals surface area (Å²) in [6.45, 7) is 8.58. The molecule has 5 atom stereocenters. The molecule has 0 aromatic carbocycles. The predicted octanol–water partition coefficient (Wildman–Crippen LogP) is -1.33. The van der Waals surface area contributed by atoms with Gasteiger partial charge in [0.15, 0.2) is 6.04 Å². The average molecular weight is 446 g/mol. The minimum absolute atomic E-state index is 0.291. The smallest absolute Gasteiger partial charge is 0.328 e. The molecule has 0 spiro atoms.